The van der Waals surface area contributed by atoms with Crippen molar-refractivity contribution in [3.63, 3.8) is 0 Å². The number of hydrogen-bond donors (Lipinski definition) is 6. The minimum absolute atomic E-state index is 0.241. The molecule has 1 aromatic rings. The molecular weight excluding hydrogens is 402 g/mol. The summed E-state index contributed by atoms with van der Waals surface area (Å²) in [5, 5.41) is 16.6. The van der Waals surface area contributed by atoms with Crippen molar-refractivity contribution in [2.45, 2.75) is 63.7 Å². The standard InChI is InChI=1S/C21H33N5O5/c1-13(25-20(29)16(23)12-15-8-4-3-5-9-15)18(27)24-14(2)19(28)26-17(21(30)31)10-6-7-11-22/h3-5,8-9,13-14,16-17H,6-7,10-12,22-23H2,1-2H3,(H,24,27)(H,25,29)(H,26,28)(H,30,31). The summed E-state index contributed by atoms with van der Waals surface area (Å²) in [6.07, 6.45) is 1.77. The molecule has 0 aliphatic rings. The molecule has 10 nitrogen and oxygen atoms in total. The van der Waals surface area contributed by atoms with E-state index in [9.17, 15) is 24.3 Å². The minimum Gasteiger partial charge on any atom is -0.480 e. The fourth-order valence-corrected chi connectivity index (χ4v) is 2.80. The molecule has 1 rings (SSSR count). The van der Waals surface area contributed by atoms with Crippen LogP contribution >= 0.6 is 0 Å². The topological polar surface area (TPSA) is 177 Å². The third kappa shape index (κ3) is 9.58. The van der Waals surface area contributed by atoms with Gasteiger partial charge in [0.25, 0.3) is 0 Å². The van der Waals surface area contributed by atoms with Crippen LogP contribution in [0.5, 0.6) is 0 Å². The summed E-state index contributed by atoms with van der Waals surface area (Å²) in [4.78, 5) is 48.2. The van der Waals surface area contributed by atoms with E-state index in [0.717, 1.165) is 5.56 Å². The SMILES string of the molecule is CC(NC(=O)C(N)Cc1ccccc1)C(=O)NC(C)C(=O)NC(CCCCN)C(=O)O. The van der Waals surface area contributed by atoms with Gasteiger partial charge in [-0.05, 0) is 51.6 Å². The molecule has 3 amide bonds. The third-order valence-electron chi connectivity index (χ3n) is 4.70. The Morgan fingerprint density at radius 2 is 1.45 bits per heavy atom. The first kappa shape index (κ1) is 26.1. The summed E-state index contributed by atoms with van der Waals surface area (Å²) < 4.78 is 0. The first-order chi connectivity index (χ1) is 14.6. The van der Waals surface area contributed by atoms with Gasteiger partial charge in [-0.3, -0.25) is 14.4 Å². The Balaban J connectivity index is 2.51. The molecule has 8 N–H and O–H groups in total. The van der Waals surface area contributed by atoms with Crippen molar-refractivity contribution in [3.05, 3.63) is 35.9 Å². The molecule has 0 spiro atoms. The van der Waals surface area contributed by atoms with E-state index in [1.807, 2.05) is 30.3 Å². The normalized spacial score (nSPS) is 14.6. The number of benzene rings is 1. The van der Waals surface area contributed by atoms with E-state index in [4.69, 9.17) is 11.5 Å². The number of hydrogen-bond acceptors (Lipinski definition) is 6. The molecule has 0 aromatic heterocycles. The Hall–Kier alpha value is -2.98. The summed E-state index contributed by atoms with van der Waals surface area (Å²) in [5.74, 6) is -2.86. The lowest BCUT2D eigenvalue weighted by Crippen LogP contribution is -2.55. The number of rotatable bonds is 13. The maximum atomic E-state index is 12.3. The smallest absolute Gasteiger partial charge is 0.326 e. The maximum absolute atomic E-state index is 12.3. The Morgan fingerprint density at radius 3 is 2.00 bits per heavy atom. The highest BCUT2D eigenvalue weighted by Crippen LogP contribution is 2.03. The Labute approximate surface area is 182 Å². The van der Waals surface area contributed by atoms with Gasteiger partial charge in [0.1, 0.15) is 18.1 Å². The molecule has 1 aromatic carbocycles. The largest absolute Gasteiger partial charge is 0.480 e. The molecule has 10 heteroatoms. The first-order valence-corrected chi connectivity index (χ1v) is 10.3. The fraction of sp³-hybridized carbons (Fsp3) is 0.524. The van der Waals surface area contributed by atoms with Gasteiger partial charge in [-0.15, -0.1) is 0 Å². The van der Waals surface area contributed by atoms with Crippen molar-refractivity contribution in [1.29, 1.82) is 0 Å². The van der Waals surface area contributed by atoms with Crippen molar-refractivity contribution in [3.8, 4) is 0 Å². The van der Waals surface area contributed by atoms with Crippen LogP contribution in [0.3, 0.4) is 0 Å². The van der Waals surface area contributed by atoms with E-state index in [2.05, 4.69) is 16.0 Å². The molecule has 0 fully saturated rings. The first-order valence-electron chi connectivity index (χ1n) is 10.3. The predicted octanol–water partition coefficient (Wildman–Crippen LogP) is -0.736. The zero-order chi connectivity index (χ0) is 23.4. The van der Waals surface area contributed by atoms with Crippen molar-refractivity contribution in [2.75, 3.05) is 6.54 Å². The van der Waals surface area contributed by atoms with Gasteiger partial charge in [-0.1, -0.05) is 30.3 Å². The van der Waals surface area contributed by atoms with Crippen LogP contribution in [0, 0.1) is 0 Å². The second-order valence-electron chi connectivity index (χ2n) is 7.44. The number of nitrogens with two attached hydrogens (primary N) is 2. The van der Waals surface area contributed by atoms with Crippen molar-refractivity contribution in [1.82, 2.24) is 16.0 Å². The highest BCUT2D eigenvalue weighted by molar-refractivity contribution is 5.93. The second kappa shape index (κ2) is 13.3. The van der Waals surface area contributed by atoms with Crippen LogP contribution in [-0.2, 0) is 25.6 Å². The number of aliphatic carboxylic acids is 1. The Kier molecular flexibility index (Phi) is 11.2. The van der Waals surface area contributed by atoms with Gasteiger partial charge in [0.2, 0.25) is 17.7 Å². The van der Waals surface area contributed by atoms with Gasteiger partial charge in [-0.2, -0.15) is 0 Å². The van der Waals surface area contributed by atoms with Crippen molar-refractivity contribution < 1.29 is 24.3 Å². The molecule has 4 atom stereocenters. The molecule has 0 heterocycles. The minimum atomic E-state index is -1.16. The molecule has 0 aliphatic carbocycles. The van der Waals surface area contributed by atoms with Crippen LogP contribution in [0.2, 0.25) is 0 Å². The number of carbonyl (C=O) groups is 4. The molecule has 0 saturated carbocycles. The van der Waals surface area contributed by atoms with Crippen LogP contribution in [0.15, 0.2) is 30.3 Å². The van der Waals surface area contributed by atoms with E-state index >= 15 is 0 Å². The summed E-state index contributed by atoms with van der Waals surface area (Å²) in [7, 11) is 0. The molecule has 31 heavy (non-hydrogen) atoms. The lowest BCUT2D eigenvalue weighted by Gasteiger charge is -2.21. The van der Waals surface area contributed by atoms with Gasteiger partial charge in [-0.25, -0.2) is 4.79 Å². The van der Waals surface area contributed by atoms with E-state index in [0.29, 0.717) is 25.8 Å². The lowest BCUT2D eigenvalue weighted by atomic mass is 10.1. The van der Waals surface area contributed by atoms with E-state index in [1.165, 1.54) is 13.8 Å². The molecule has 0 radical (unpaired) electrons. The van der Waals surface area contributed by atoms with Crippen LogP contribution in [0.4, 0.5) is 0 Å². The van der Waals surface area contributed by atoms with Gasteiger partial charge < -0.3 is 32.5 Å². The quantitative estimate of drug-likeness (QED) is 0.221. The molecule has 0 aliphatic heterocycles. The van der Waals surface area contributed by atoms with Gasteiger partial charge in [0, 0.05) is 0 Å². The highest BCUT2D eigenvalue weighted by atomic mass is 16.4. The van der Waals surface area contributed by atoms with Gasteiger partial charge in [0.05, 0.1) is 6.04 Å². The van der Waals surface area contributed by atoms with E-state index < -0.39 is 47.9 Å². The zero-order valence-corrected chi connectivity index (χ0v) is 18.0. The summed E-state index contributed by atoms with van der Waals surface area (Å²) in [6, 6.07) is 5.44. The van der Waals surface area contributed by atoms with E-state index in [-0.39, 0.29) is 6.42 Å². The van der Waals surface area contributed by atoms with Crippen LogP contribution in [-0.4, -0.2) is 59.5 Å². The summed E-state index contributed by atoms with van der Waals surface area (Å²) in [5.41, 5.74) is 12.2. The monoisotopic (exact) mass is 435 g/mol. The Morgan fingerprint density at radius 1 is 0.903 bits per heavy atom. The average Bonchev–Trinajstić information content (AvgIpc) is 2.73. The fourth-order valence-electron chi connectivity index (χ4n) is 2.80. The molecule has 172 valence electrons. The maximum Gasteiger partial charge on any atom is 0.326 e. The van der Waals surface area contributed by atoms with Crippen molar-refractivity contribution >= 4 is 23.7 Å². The highest BCUT2D eigenvalue weighted by Gasteiger charge is 2.26. The van der Waals surface area contributed by atoms with E-state index in [1.54, 1.807) is 0 Å². The van der Waals surface area contributed by atoms with Gasteiger partial charge in [0.15, 0.2) is 0 Å². The molecule has 0 saturated heterocycles. The lowest BCUT2D eigenvalue weighted by molar-refractivity contribution is -0.142. The number of carboxylic acid groups (broad SMARTS) is 1. The van der Waals surface area contributed by atoms with Crippen LogP contribution in [0.25, 0.3) is 0 Å². The number of nitrogens with one attached hydrogen (secondary N) is 3. The van der Waals surface area contributed by atoms with Crippen LogP contribution in [0.1, 0.15) is 38.7 Å². The molecule has 4 unspecified atom stereocenters. The summed E-state index contributed by atoms with van der Waals surface area (Å²) >= 11 is 0. The number of carbonyl (C=O) groups excluding carboxylic acids is 3. The Bertz CT molecular complexity index is 743. The average molecular weight is 436 g/mol. The number of carboxylic acids is 1. The third-order valence-corrected chi connectivity index (χ3v) is 4.70. The zero-order valence-electron chi connectivity index (χ0n) is 18.0. The molecular formula is C21H33N5O5. The van der Waals surface area contributed by atoms with Crippen LogP contribution < -0.4 is 27.4 Å². The van der Waals surface area contributed by atoms with Gasteiger partial charge >= 0.3 is 5.97 Å². The molecule has 0 bridgehead atoms. The second-order valence-corrected chi connectivity index (χ2v) is 7.44. The number of amides is 3. The number of unbranched alkanes of at least 4 members (excludes halogenated alkanes) is 1. The predicted molar refractivity (Wildman–Crippen MR) is 116 cm³/mol. The summed E-state index contributed by atoms with van der Waals surface area (Å²) in [6.45, 7) is 3.34. The van der Waals surface area contributed by atoms with Crippen molar-refractivity contribution in [2.24, 2.45) is 11.5 Å².